The predicted octanol–water partition coefficient (Wildman–Crippen LogP) is 0.755. The summed E-state index contributed by atoms with van der Waals surface area (Å²) in [5.41, 5.74) is 4.82. The molecule has 3 rings (SSSR count). The number of thioether (sulfide) groups is 2. The van der Waals surface area contributed by atoms with Crippen molar-refractivity contribution in [3.05, 3.63) is 0 Å². The number of amides is 1. The molecule has 0 aliphatic carbocycles. The van der Waals surface area contributed by atoms with Gasteiger partial charge in [0.05, 0.1) is 6.61 Å². The van der Waals surface area contributed by atoms with E-state index in [0.717, 1.165) is 0 Å². The van der Waals surface area contributed by atoms with E-state index in [1.165, 1.54) is 30.4 Å². The lowest BCUT2D eigenvalue weighted by Crippen LogP contribution is -2.72. The summed E-state index contributed by atoms with van der Waals surface area (Å²) in [7, 11) is 3.75. The van der Waals surface area contributed by atoms with Crippen LogP contribution < -0.4 is 11.1 Å². The van der Waals surface area contributed by atoms with Crippen molar-refractivity contribution in [2.45, 2.75) is 50.2 Å². The normalized spacial score (nSPS) is 23.1. The fraction of sp³-hybridized carbons (Fsp3) is 0.778. The van der Waals surface area contributed by atoms with Crippen molar-refractivity contribution in [1.29, 1.82) is 0 Å². The van der Waals surface area contributed by atoms with Crippen LogP contribution in [0.15, 0.2) is 5.16 Å². The van der Waals surface area contributed by atoms with Gasteiger partial charge in [-0.05, 0) is 38.4 Å². The van der Waals surface area contributed by atoms with Crippen LogP contribution in [0.5, 0.6) is 0 Å². The molecule has 0 aromatic carbocycles. The number of aryl methyl sites for hydroxylation is 1. The number of nitrogens with zero attached hydrogens (tertiary/aromatic N) is 5. The van der Waals surface area contributed by atoms with Crippen molar-refractivity contribution in [1.82, 2.24) is 30.4 Å². The quantitative estimate of drug-likeness (QED) is 0.192. The van der Waals surface area contributed by atoms with Gasteiger partial charge < -0.3 is 30.2 Å². The van der Waals surface area contributed by atoms with Gasteiger partial charge in [0, 0.05) is 31.5 Å². The molecule has 2 aliphatic heterocycles. The molecule has 13 nitrogen and oxygen atoms in total. The van der Waals surface area contributed by atoms with Crippen LogP contribution in [0, 0.1) is 5.41 Å². The lowest BCUT2D eigenvalue weighted by Gasteiger charge is -2.53. The number of halogens is 2. The number of carbonyl (C=O) groups excluding carboxylic acids is 3. The maximum Gasteiger partial charge on any atom is 0.511 e. The van der Waals surface area contributed by atoms with Gasteiger partial charge in [0.2, 0.25) is 17.4 Å². The van der Waals surface area contributed by atoms with E-state index in [4.69, 9.17) is 19.9 Å². The minimum Gasteiger partial charge on any atom is -0.435 e. The third-order valence-electron chi connectivity index (χ3n) is 4.69. The molecule has 0 bridgehead atoms. The van der Waals surface area contributed by atoms with Crippen LogP contribution in [0.1, 0.15) is 20.8 Å². The number of carbonyl (C=O) groups is 3. The molecule has 0 saturated carbocycles. The van der Waals surface area contributed by atoms with Crippen molar-refractivity contribution in [2.75, 3.05) is 38.8 Å². The molecule has 35 heavy (non-hydrogen) atoms. The highest BCUT2D eigenvalue weighted by Gasteiger charge is 2.56. The monoisotopic (exact) mass is 577 g/mol. The number of ether oxygens (including phenoxy) is 3. The van der Waals surface area contributed by atoms with Crippen molar-refractivity contribution in [2.24, 2.45) is 11.1 Å². The third-order valence-corrected chi connectivity index (χ3v) is 7.55. The topological polar surface area (TPSA) is 164 Å². The first kappa shape index (κ1) is 33.5. The van der Waals surface area contributed by atoms with E-state index in [2.05, 4.69) is 20.8 Å². The molecular formula is C18H33Cl2N7O6S2. The molecule has 202 valence electrons. The first-order valence-corrected chi connectivity index (χ1v) is 12.5. The third kappa shape index (κ3) is 8.25. The molecule has 1 amide bonds. The molecule has 0 radical (unpaired) electrons. The largest absolute Gasteiger partial charge is 0.511 e. The fourth-order valence-corrected chi connectivity index (χ4v) is 5.82. The second kappa shape index (κ2) is 15.6. The number of tetrazole rings is 1. The maximum atomic E-state index is 13.1. The van der Waals surface area contributed by atoms with Gasteiger partial charge in [0.25, 0.3) is 0 Å². The number of fused-ring (bicyclic) bond motifs is 1. The van der Waals surface area contributed by atoms with Gasteiger partial charge in [-0.15, -0.1) is 41.7 Å². The highest BCUT2D eigenvalue weighted by molar-refractivity contribution is 8.00. The molecule has 1 aromatic rings. The summed E-state index contributed by atoms with van der Waals surface area (Å²) < 4.78 is 16.6. The Morgan fingerprint density at radius 2 is 1.97 bits per heavy atom. The number of aromatic nitrogens is 4. The highest BCUT2D eigenvalue weighted by atomic mass is 35.5. The molecule has 0 spiro atoms. The van der Waals surface area contributed by atoms with E-state index < -0.39 is 29.9 Å². The van der Waals surface area contributed by atoms with E-state index in [9.17, 15) is 14.4 Å². The van der Waals surface area contributed by atoms with Gasteiger partial charge in [0.15, 0.2) is 0 Å². The summed E-state index contributed by atoms with van der Waals surface area (Å²) in [6.07, 6.45) is -2.07. The van der Waals surface area contributed by atoms with Crippen LogP contribution >= 0.6 is 48.3 Å². The lowest BCUT2D eigenvalue weighted by atomic mass is 9.89. The van der Waals surface area contributed by atoms with E-state index >= 15 is 0 Å². The van der Waals surface area contributed by atoms with Gasteiger partial charge in [-0.25, -0.2) is 9.48 Å². The zero-order chi connectivity index (χ0) is 24.6. The number of hydrogen-bond acceptors (Lipinski definition) is 13. The van der Waals surface area contributed by atoms with E-state index in [1.807, 2.05) is 21.0 Å². The fourth-order valence-electron chi connectivity index (χ4n) is 3.09. The van der Waals surface area contributed by atoms with Crippen molar-refractivity contribution in [3.63, 3.8) is 0 Å². The Morgan fingerprint density at radius 1 is 1.31 bits per heavy atom. The molecular weight excluding hydrogens is 545 g/mol. The Bertz CT molecular complexity index is 839. The average Bonchev–Trinajstić information content (AvgIpc) is 3.25. The van der Waals surface area contributed by atoms with Crippen molar-refractivity contribution in [3.8, 4) is 0 Å². The molecule has 2 aliphatic rings. The van der Waals surface area contributed by atoms with Crippen molar-refractivity contribution >= 4 is 66.4 Å². The highest BCUT2D eigenvalue weighted by Crippen LogP contribution is 2.44. The van der Waals surface area contributed by atoms with Crippen LogP contribution in [0.4, 0.5) is 4.79 Å². The number of nitrogens with two attached hydrogens (primary N) is 1. The average molecular weight is 579 g/mol. The molecule has 1 aromatic heterocycles. The molecule has 3 N–H and O–H groups in total. The van der Waals surface area contributed by atoms with Gasteiger partial charge in [0.1, 0.15) is 16.8 Å². The molecule has 2 fully saturated rings. The predicted molar refractivity (Wildman–Crippen MR) is 136 cm³/mol. The summed E-state index contributed by atoms with van der Waals surface area (Å²) in [6.45, 7) is 5.84. The smallest absolute Gasteiger partial charge is 0.435 e. The Morgan fingerprint density at radius 3 is 2.57 bits per heavy atom. The van der Waals surface area contributed by atoms with Crippen LogP contribution in [-0.2, 0) is 30.3 Å². The van der Waals surface area contributed by atoms with Crippen LogP contribution in [-0.4, -0.2) is 99.6 Å². The molecule has 4 atom stereocenters. The minimum absolute atomic E-state index is 0. The van der Waals surface area contributed by atoms with Gasteiger partial charge in [-0.3, -0.25) is 9.59 Å². The summed E-state index contributed by atoms with van der Waals surface area (Å²) in [5, 5.41) is 14.7. The zero-order valence-electron chi connectivity index (χ0n) is 20.2. The molecule has 3 unspecified atom stereocenters. The number of rotatable bonds is 8. The van der Waals surface area contributed by atoms with Crippen LogP contribution in [0.3, 0.4) is 0 Å². The van der Waals surface area contributed by atoms with Gasteiger partial charge in [-0.1, -0.05) is 11.8 Å². The summed E-state index contributed by atoms with van der Waals surface area (Å²) in [4.78, 5) is 38.4. The molecule has 3 heterocycles. The second-order valence-electron chi connectivity index (χ2n) is 7.31. The summed E-state index contributed by atoms with van der Waals surface area (Å²) in [5.74, 6) is -0.122. The summed E-state index contributed by atoms with van der Waals surface area (Å²) in [6, 6.07) is -0.560. The van der Waals surface area contributed by atoms with Gasteiger partial charge >= 0.3 is 12.1 Å². The molecule has 17 heteroatoms. The SMILES string of the molecule is CCOC(=O)OC(C)OC(=O)C1(CSc2nnnn2CC)CS[C@@H]2C(N)C(=O)N2C1.CNC.Cl.Cl. The standard InChI is InChI=1S/C16H24N6O6S2.C2H7N.2ClH/c1-4-22-14(18-19-20-22)30-8-16(6-21-11(23)10(17)12(21)29-7-16)13(24)27-9(3)28-15(25)26-5-2;1-3-2;;/h9-10,12H,4-8,17H2,1-3H3;3H,1-2H3;2*1H/t9?,10?,12-,16?;;;/m1.../s1. The van der Waals surface area contributed by atoms with E-state index in [0.29, 0.717) is 17.5 Å². The number of hydrogen-bond donors (Lipinski definition) is 2. The zero-order valence-corrected chi connectivity index (χ0v) is 23.4. The van der Waals surface area contributed by atoms with Crippen LogP contribution in [0.2, 0.25) is 0 Å². The number of β-lactam (4-membered cyclic amide) rings is 1. The summed E-state index contributed by atoms with van der Waals surface area (Å²) >= 11 is 2.73. The maximum absolute atomic E-state index is 13.1. The number of nitrogens with one attached hydrogen (secondary N) is 1. The molecule has 2 saturated heterocycles. The Kier molecular flexibility index (Phi) is 14.9. The Labute approximate surface area is 225 Å². The second-order valence-corrected chi connectivity index (χ2v) is 9.36. The van der Waals surface area contributed by atoms with Crippen LogP contribution in [0.25, 0.3) is 0 Å². The van der Waals surface area contributed by atoms with Gasteiger partial charge in [-0.2, -0.15) is 0 Å². The minimum atomic E-state index is -1.14. The Balaban J connectivity index is 0.00000220. The lowest BCUT2D eigenvalue weighted by molar-refractivity contribution is -0.180. The van der Waals surface area contributed by atoms with Crippen molar-refractivity contribution < 1.29 is 28.6 Å². The number of esters is 1. The van der Waals surface area contributed by atoms with E-state index in [-0.39, 0.29) is 55.0 Å². The van der Waals surface area contributed by atoms with E-state index in [1.54, 1.807) is 16.5 Å². The first-order chi connectivity index (χ1) is 15.7. The Hall–Kier alpha value is -1.52. The first-order valence-electron chi connectivity index (χ1n) is 10.4.